The third kappa shape index (κ3) is 3.90. The summed E-state index contributed by atoms with van der Waals surface area (Å²) >= 11 is 5.83. The quantitative estimate of drug-likeness (QED) is 0.830. The maximum Gasteiger partial charge on any atom is 0.131 e. The van der Waals surface area contributed by atoms with Crippen LogP contribution in [0.15, 0.2) is 24.3 Å². The number of benzene rings is 1. The number of carbonyl (C=O) groups excluding carboxylic acids is 1. The van der Waals surface area contributed by atoms with Crippen LogP contribution in [0.3, 0.4) is 0 Å². The number of nitrogens with two attached hydrogens (primary N) is 1. The molecule has 0 radical (unpaired) electrons. The Morgan fingerprint density at radius 1 is 1.57 bits per heavy atom. The molecule has 0 spiro atoms. The van der Waals surface area contributed by atoms with Crippen molar-refractivity contribution in [1.82, 2.24) is 0 Å². The molecule has 2 N–H and O–H groups in total. The van der Waals surface area contributed by atoms with Crippen molar-refractivity contribution in [3.05, 3.63) is 34.9 Å². The normalized spacial score (nSPS) is 12.5. The molecule has 2 nitrogen and oxygen atoms in total. The van der Waals surface area contributed by atoms with Crippen LogP contribution in [0.25, 0.3) is 0 Å². The Labute approximate surface area is 89.1 Å². The highest BCUT2D eigenvalue weighted by atomic mass is 35.5. The SMILES string of the molecule is CC(=O)C[C@H](N)Cc1cccc(Cl)c1. The molecule has 1 aromatic carbocycles. The van der Waals surface area contributed by atoms with Crippen LogP contribution in [0.4, 0.5) is 0 Å². The Hall–Kier alpha value is -0.860. The third-order valence-corrected chi connectivity index (χ3v) is 2.17. The fraction of sp³-hybridized carbons (Fsp3) is 0.364. The van der Waals surface area contributed by atoms with Crippen LogP contribution in [-0.2, 0) is 11.2 Å². The van der Waals surface area contributed by atoms with Crippen molar-refractivity contribution in [2.75, 3.05) is 0 Å². The lowest BCUT2D eigenvalue weighted by Crippen LogP contribution is -2.25. The number of halogens is 1. The molecule has 0 unspecified atom stereocenters. The van der Waals surface area contributed by atoms with E-state index in [-0.39, 0.29) is 11.8 Å². The van der Waals surface area contributed by atoms with E-state index in [0.717, 1.165) is 5.56 Å². The topological polar surface area (TPSA) is 43.1 Å². The zero-order chi connectivity index (χ0) is 10.6. The molecule has 0 amide bonds. The summed E-state index contributed by atoms with van der Waals surface area (Å²) in [5.74, 6) is 0.125. The lowest BCUT2D eigenvalue weighted by molar-refractivity contribution is -0.117. The number of rotatable bonds is 4. The summed E-state index contributed by atoms with van der Waals surface area (Å²) in [5, 5.41) is 0.706. The van der Waals surface area contributed by atoms with Gasteiger partial charge in [-0.2, -0.15) is 0 Å². The van der Waals surface area contributed by atoms with Gasteiger partial charge in [0.25, 0.3) is 0 Å². The molecule has 0 aromatic heterocycles. The van der Waals surface area contributed by atoms with E-state index < -0.39 is 0 Å². The van der Waals surface area contributed by atoms with E-state index in [1.54, 1.807) is 6.92 Å². The van der Waals surface area contributed by atoms with Crippen molar-refractivity contribution in [2.45, 2.75) is 25.8 Å². The Balaban J connectivity index is 2.55. The standard InChI is InChI=1S/C11H14ClNO/c1-8(14)5-11(13)7-9-3-2-4-10(12)6-9/h2-4,6,11H,5,7,13H2,1H3/t11-/m0/s1. The van der Waals surface area contributed by atoms with E-state index in [4.69, 9.17) is 17.3 Å². The van der Waals surface area contributed by atoms with Gasteiger partial charge in [-0.25, -0.2) is 0 Å². The maximum absolute atomic E-state index is 10.8. The molecule has 0 aliphatic heterocycles. The molecule has 0 saturated carbocycles. The van der Waals surface area contributed by atoms with Gasteiger partial charge in [0, 0.05) is 17.5 Å². The molecule has 1 aromatic rings. The summed E-state index contributed by atoms with van der Waals surface area (Å²) in [6, 6.07) is 7.44. The summed E-state index contributed by atoms with van der Waals surface area (Å²) in [5.41, 5.74) is 6.87. The van der Waals surface area contributed by atoms with E-state index in [9.17, 15) is 4.79 Å². The minimum Gasteiger partial charge on any atom is -0.327 e. The molecule has 76 valence electrons. The summed E-state index contributed by atoms with van der Waals surface area (Å²) in [6.45, 7) is 1.55. The minimum atomic E-state index is -0.106. The second-order valence-corrected chi connectivity index (χ2v) is 3.94. The second kappa shape index (κ2) is 5.13. The highest BCUT2D eigenvalue weighted by molar-refractivity contribution is 6.30. The van der Waals surface area contributed by atoms with Gasteiger partial charge in [0.15, 0.2) is 0 Å². The summed E-state index contributed by atoms with van der Waals surface area (Å²) in [7, 11) is 0. The van der Waals surface area contributed by atoms with Crippen LogP contribution in [0.1, 0.15) is 18.9 Å². The van der Waals surface area contributed by atoms with Gasteiger partial charge in [0.2, 0.25) is 0 Å². The fourth-order valence-electron chi connectivity index (χ4n) is 1.41. The van der Waals surface area contributed by atoms with E-state index in [2.05, 4.69) is 0 Å². The number of ketones is 1. The Kier molecular flexibility index (Phi) is 4.11. The van der Waals surface area contributed by atoms with Gasteiger partial charge in [-0.05, 0) is 31.0 Å². The molecular weight excluding hydrogens is 198 g/mol. The van der Waals surface area contributed by atoms with Gasteiger partial charge in [0.1, 0.15) is 5.78 Å². The molecule has 1 rings (SSSR count). The first-order valence-electron chi connectivity index (χ1n) is 4.57. The molecule has 0 bridgehead atoms. The lowest BCUT2D eigenvalue weighted by atomic mass is 10.0. The van der Waals surface area contributed by atoms with Crippen molar-refractivity contribution >= 4 is 17.4 Å². The van der Waals surface area contributed by atoms with Crippen LogP contribution in [-0.4, -0.2) is 11.8 Å². The zero-order valence-electron chi connectivity index (χ0n) is 8.16. The molecule has 0 saturated heterocycles. The Bertz CT molecular complexity index is 325. The van der Waals surface area contributed by atoms with Crippen molar-refractivity contribution < 1.29 is 4.79 Å². The third-order valence-electron chi connectivity index (χ3n) is 1.94. The predicted octanol–water partition coefficient (Wildman–Crippen LogP) is 2.19. The van der Waals surface area contributed by atoms with Crippen LogP contribution in [0.2, 0.25) is 5.02 Å². The highest BCUT2D eigenvalue weighted by Gasteiger charge is 2.06. The predicted molar refractivity (Wildman–Crippen MR) is 58.4 cm³/mol. The summed E-state index contributed by atoms with van der Waals surface area (Å²) in [4.78, 5) is 10.8. The number of hydrogen-bond donors (Lipinski definition) is 1. The largest absolute Gasteiger partial charge is 0.327 e. The van der Waals surface area contributed by atoms with Gasteiger partial charge in [-0.1, -0.05) is 23.7 Å². The average molecular weight is 212 g/mol. The smallest absolute Gasteiger partial charge is 0.131 e. The number of Topliss-reactive ketones (excluding diaryl/α,β-unsaturated/α-hetero) is 1. The van der Waals surface area contributed by atoms with Gasteiger partial charge < -0.3 is 5.73 Å². The van der Waals surface area contributed by atoms with Gasteiger partial charge >= 0.3 is 0 Å². The molecule has 0 aliphatic carbocycles. The molecule has 14 heavy (non-hydrogen) atoms. The van der Waals surface area contributed by atoms with Gasteiger partial charge in [-0.3, -0.25) is 4.79 Å². The van der Waals surface area contributed by atoms with Crippen LogP contribution in [0, 0.1) is 0 Å². The molecule has 0 fully saturated rings. The van der Waals surface area contributed by atoms with Crippen molar-refractivity contribution in [1.29, 1.82) is 0 Å². The molecular formula is C11H14ClNO. The lowest BCUT2D eigenvalue weighted by Gasteiger charge is -2.09. The fourth-order valence-corrected chi connectivity index (χ4v) is 1.62. The monoisotopic (exact) mass is 211 g/mol. The number of carbonyl (C=O) groups is 1. The van der Waals surface area contributed by atoms with Crippen LogP contribution in [0.5, 0.6) is 0 Å². The number of hydrogen-bond acceptors (Lipinski definition) is 2. The van der Waals surface area contributed by atoms with E-state index in [1.807, 2.05) is 24.3 Å². The molecule has 0 heterocycles. The zero-order valence-corrected chi connectivity index (χ0v) is 8.92. The van der Waals surface area contributed by atoms with Gasteiger partial charge in [0.05, 0.1) is 0 Å². The van der Waals surface area contributed by atoms with Crippen molar-refractivity contribution in [2.24, 2.45) is 5.73 Å². The maximum atomic E-state index is 10.8. The average Bonchev–Trinajstić information content (AvgIpc) is 2.01. The van der Waals surface area contributed by atoms with Gasteiger partial charge in [-0.15, -0.1) is 0 Å². The van der Waals surface area contributed by atoms with Crippen LogP contribution < -0.4 is 5.73 Å². The first-order chi connectivity index (χ1) is 6.58. The first kappa shape index (κ1) is 11.2. The molecule has 1 atom stereocenters. The Morgan fingerprint density at radius 3 is 2.86 bits per heavy atom. The Morgan fingerprint density at radius 2 is 2.29 bits per heavy atom. The summed E-state index contributed by atoms with van der Waals surface area (Å²) < 4.78 is 0. The minimum absolute atomic E-state index is 0.106. The highest BCUT2D eigenvalue weighted by Crippen LogP contribution is 2.12. The van der Waals surface area contributed by atoms with Crippen LogP contribution >= 0.6 is 11.6 Å². The van der Waals surface area contributed by atoms with E-state index in [1.165, 1.54) is 0 Å². The summed E-state index contributed by atoms with van der Waals surface area (Å²) in [6.07, 6.45) is 1.12. The van der Waals surface area contributed by atoms with E-state index in [0.29, 0.717) is 17.9 Å². The molecule has 3 heteroatoms. The van der Waals surface area contributed by atoms with E-state index >= 15 is 0 Å². The molecule has 0 aliphatic rings. The van der Waals surface area contributed by atoms with Crippen molar-refractivity contribution in [3.63, 3.8) is 0 Å². The second-order valence-electron chi connectivity index (χ2n) is 3.50. The van der Waals surface area contributed by atoms with Crippen molar-refractivity contribution in [3.8, 4) is 0 Å². The first-order valence-corrected chi connectivity index (χ1v) is 4.95.